The van der Waals surface area contributed by atoms with E-state index in [1.807, 2.05) is 48.5 Å². The first-order chi connectivity index (χ1) is 17.3. The van der Waals surface area contributed by atoms with Crippen LogP contribution in [0.3, 0.4) is 0 Å². The molecule has 0 spiro atoms. The monoisotopic (exact) mass is 501 g/mol. The molecule has 6 rings (SSSR count). The second-order valence-corrected chi connectivity index (χ2v) is 10.7. The first-order valence-corrected chi connectivity index (χ1v) is 12.6. The van der Waals surface area contributed by atoms with Gasteiger partial charge < -0.3 is 14.8 Å². The number of hydrogen-bond donors (Lipinski definition) is 1. The van der Waals surface area contributed by atoms with Crippen LogP contribution in [0.5, 0.6) is 11.5 Å². The minimum absolute atomic E-state index is 0.0899. The van der Waals surface area contributed by atoms with Crippen LogP contribution >= 0.6 is 11.6 Å². The van der Waals surface area contributed by atoms with Crippen LogP contribution < -0.4 is 14.8 Å². The standard InChI is InChI=1S/C29H28ClN3O3/c1-29(2)16-19-14-21(9-13-25(19)36-29)31-28(34)33-27(17-4-7-20(30)8-5-17)24-11-6-18-15-22(35-3)10-12-23(18)26(24)32-33/h4-5,7-10,12-15,24,27H,6,11,16H2,1-3H3,(H,31,34). The molecule has 0 aromatic heterocycles. The van der Waals surface area contributed by atoms with Crippen LogP contribution in [-0.2, 0) is 12.8 Å². The summed E-state index contributed by atoms with van der Waals surface area (Å²) in [5, 5.41) is 10.3. The van der Waals surface area contributed by atoms with E-state index in [1.165, 1.54) is 5.56 Å². The molecule has 2 atom stereocenters. The van der Waals surface area contributed by atoms with Gasteiger partial charge in [-0.2, -0.15) is 5.10 Å². The van der Waals surface area contributed by atoms with E-state index in [-0.39, 0.29) is 23.6 Å². The summed E-state index contributed by atoms with van der Waals surface area (Å²) in [5.41, 5.74) is 5.82. The van der Waals surface area contributed by atoms with Crippen LogP contribution in [0.1, 0.15) is 48.6 Å². The number of urea groups is 1. The van der Waals surface area contributed by atoms with E-state index in [9.17, 15) is 4.79 Å². The predicted octanol–water partition coefficient (Wildman–Crippen LogP) is 6.62. The van der Waals surface area contributed by atoms with Crippen molar-refractivity contribution in [3.05, 3.63) is 87.9 Å². The Morgan fingerprint density at radius 2 is 1.92 bits per heavy atom. The Hall–Kier alpha value is -3.51. The number of hydrazone groups is 1. The Balaban J connectivity index is 1.35. The molecule has 0 saturated heterocycles. The second-order valence-electron chi connectivity index (χ2n) is 10.3. The van der Waals surface area contributed by atoms with Crippen LogP contribution in [0.25, 0.3) is 0 Å². The van der Waals surface area contributed by atoms with Crippen molar-refractivity contribution < 1.29 is 14.3 Å². The van der Waals surface area contributed by atoms with Crippen LogP contribution in [0, 0.1) is 5.92 Å². The number of rotatable bonds is 3. The van der Waals surface area contributed by atoms with Gasteiger partial charge in [-0.25, -0.2) is 9.80 Å². The van der Waals surface area contributed by atoms with Gasteiger partial charge in [0.15, 0.2) is 0 Å². The molecule has 36 heavy (non-hydrogen) atoms. The fourth-order valence-corrected chi connectivity index (χ4v) is 5.78. The Kier molecular flexibility index (Phi) is 5.45. The highest BCUT2D eigenvalue weighted by molar-refractivity contribution is 6.30. The summed E-state index contributed by atoms with van der Waals surface area (Å²) in [6.45, 7) is 4.13. The number of aryl methyl sites for hydroxylation is 1. The molecular formula is C29H28ClN3O3. The number of anilines is 1. The molecule has 0 fully saturated rings. The molecule has 3 aliphatic rings. The highest BCUT2D eigenvalue weighted by atomic mass is 35.5. The number of carbonyl (C=O) groups excluding carboxylic acids is 1. The Bertz CT molecular complexity index is 1380. The molecule has 0 radical (unpaired) electrons. The van der Waals surface area contributed by atoms with Crippen molar-refractivity contribution in [1.29, 1.82) is 0 Å². The zero-order valence-corrected chi connectivity index (χ0v) is 21.3. The fraction of sp³-hybridized carbons (Fsp3) is 0.310. The summed E-state index contributed by atoms with van der Waals surface area (Å²) in [6, 6.07) is 19.1. The first kappa shape index (κ1) is 22.9. The third kappa shape index (κ3) is 3.99. The van der Waals surface area contributed by atoms with Crippen LogP contribution in [0.4, 0.5) is 10.5 Å². The fourth-order valence-electron chi connectivity index (χ4n) is 5.66. The van der Waals surface area contributed by atoms with Gasteiger partial charge in [-0.05, 0) is 86.3 Å². The molecule has 184 valence electrons. The lowest BCUT2D eigenvalue weighted by atomic mass is 9.77. The highest BCUT2D eigenvalue weighted by Gasteiger charge is 2.44. The topological polar surface area (TPSA) is 63.2 Å². The summed E-state index contributed by atoms with van der Waals surface area (Å²) < 4.78 is 11.4. The first-order valence-electron chi connectivity index (χ1n) is 12.2. The van der Waals surface area contributed by atoms with Gasteiger partial charge in [0, 0.05) is 34.2 Å². The SMILES string of the molecule is COc1ccc2c(c1)CCC1C2=NN(C(=O)Nc2ccc3c(c2)CC(C)(C)O3)C1c1ccc(Cl)cc1. The molecule has 1 aliphatic carbocycles. The lowest BCUT2D eigenvalue weighted by Gasteiger charge is -2.30. The number of methoxy groups -OCH3 is 1. The quantitative estimate of drug-likeness (QED) is 0.438. The summed E-state index contributed by atoms with van der Waals surface area (Å²) in [4.78, 5) is 13.7. The maximum absolute atomic E-state index is 13.7. The lowest BCUT2D eigenvalue weighted by Crippen LogP contribution is -2.34. The van der Waals surface area contributed by atoms with Gasteiger partial charge in [0.05, 0.1) is 18.9 Å². The van der Waals surface area contributed by atoms with Crippen LogP contribution in [0.2, 0.25) is 5.02 Å². The number of halogens is 1. The molecule has 2 amide bonds. The van der Waals surface area contributed by atoms with Crippen molar-refractivity contribution in [3.8, 4) is 11.5 Å². The van der Waals surface area contributed by atoms with Crippen molar-refractivity contribution in [3.63, 3.8) is 0 Å². The molecule has 2 aliphatic heterocycles. The molecule has 3 aromatic rings. The van der Waals surface area contributed by atoms with E-state index in [1.54, 1.807) is 12.1 Å². The maximum Gasteiger partial charge on any atom is 0.342 e. The van der Waals surface area contributed by atoms with Crippen molar-refractivity contribution >= 4 is 29.0 Å². The molecule has 6 nitrogen and oxygen atoms in total. The van der Waals surface area contributed by atoms with Crippen LogP contribution in [-0.4, -0.2) is 29.5 Å². The van der Waals surface area contributed by atoms with Crippen molar-refractivity contribution in [2.75, 3.05) is 12.4 Å². The Morgan fingerprint density at radius 1 is 1.11 bits per heavy atom. The number of benzene rings is 3. The second kappa shape index (κ2) is 8.56. The van der Waals surface area contributed by atoms with E-state index in [4.69, 9.17) is 26.2 Å². The van der Waals surface area contributed by atoms with Crippen LogP contribution in [0.15, 0.2) is 65.8 Å². The number of nitrogens with zero attached hydrogens (tertiary/aromatic N) is 2. The number of carbonyl (C=O) groups is 1. The van der Waals surface area contributed by atoms with E-state index in [0.29, 0.717) is 5.02 Å². The molecule has 1 N–H and O–H groups in total. The van der Waals surface area contributed by atoms with E-state index in [0.717, 1.165) is 58.9 Å². The van der Waals surface area contributed by atoms with Gasteiger partial charge in [0.1, 0.15) is 17.1 Å². The van der Waals surface area contributed by atoms with Gasteiger partial charge >= 0.3 is 6.03 Å². The molecule has 2 unspecified atom stereocenters. The predicted molar refractivity (Wildman–Crippen MR) is 141 cm³/mol. The van der Waals surface area contributed by atoms with Gasteiger partial charge in [0.2, 0.25) is 0 Å². The Labute approximate surface area is 215 Å². The number of fused-ring (bicyclic) bond motifs is 4. The molecule has 0 bridgehead atoms. The molecule has 7 heteroatoms. The Morgan fingerprint density at radius 3 is 2.69 bits per heavy atom. The van der Waals surface area contributed by atoms with E-state index in [2.05, 4.69) is 31.3 Å². The van der Waals surface area contributed by atoms with E-state index >= 15 is 0 Å². The van der Waals surface area contributed by atoms with Gasteiger partial charge in [-0.15, -0.1) is 0 Å². The molecular weight excluding hydrogens is 474 g/mol. The summed E-state index contributed by atoms with van der Waals surface area (Å²) in [6.07, 6.45) is 2.59. The number of amides is 2. The minimum atomic E-state index is -0.259. The summed E-state index contributed by atoms with van der Waals surface area (Å²) in [7, 11) is 1.68. The van der Waals surface area contributed by atoms with E-state index < -0.39 is 0 Å². The molecule has 2 heterocycles. The lowest BCUT2D eigenvalue weighted by molar-refractivity contribution is 0.138. The largest absolute Gasteiger partial charge is 0.497 e. The minimum Gasteiger partial charge on any atom is -0.497 e. The van der Waals surface area contributed by atoms with Gasteiger partial charge in [0.25, 0.3) is 0 Å². The third-order valence-electron chi connectivity index (χ3n) is 7.26. The zero-order valence-electron chi connectivity index (χ0n) is 20.5. The molecule has 3 aromatic carbocycles. The summed E-state index contributed by atoms with van der Waals surface area (Å²) >= 11 is 6.18. The molecule has 0 saturated carbocycles. The van der Waals surface area contributed by atoms with Crippen molar-refractivity contribution in [2.24, 2.45) is 11.0 Å². The summed E-state index contributed by atoms with van der Waals surface area (Å²) in [5.74, 6) is 1.79. The third-order valence-corrected chi connectivity index (χ3v) is 7.51. The average molecular weight is 502 g/mol. The number of hydrogen-bond acceptors (Lipinski definition) is 4. The van der Waals surface area contributed by atoms with Crippen molar-refractivity contribution in [1.82, 2.24) is 5.01 Å². The smallest absolute Gasteiger partial charge is 0.342 e. The van der Waals surface area contributed by atoms with Gasteiger partial charge in [-0.3, -0.25) is 0 Å². The maximum atomic E-state index is 13.7. The normalized spacial score (nSPS) is 21.1. The van der Waals surface area contributed by atoms with Crippen molar-refractivity contribution in [2.45, 2.75) is 44.8 Å². The zero-order chi connectivity index (χ0) is 25.0. The van der Waals surface area contributed by atoms with Gasteiger partial charge in [-0.1, -0.05) is 23.7 Å². The average Bonchev–Trinajstić information content (AvgIpc) is 3.40. The highest BCUT2D eigenvalue weighted by Crippen LogP contribution is 2.44. The number of ether oxygens (including phenoxy) is 2. The number of nitrogens with one attached hydrogen (secondary N) is 1.